The Morgan fingerprint density at radius 1 is 1.18 bits per heavy atom. The van der Waals surface area contributed by atoms with E-state index in [1.54, 1.807) is 0 Å². The SMILES string of the molecule is Cc1ccc(OCCCO)c(-c2nc3nc(C(=O)O)nc(NC(C)C4CC4)c3n2Cc2ccc(Cl)cc2)c1. The monoisotopic (exact) mass is 535 g/mol. The highest BCUT2D eigenvalue weighted by molar-refractivity contribution is 6.30. The average Bonchev–Trinajstić information content (AvgIpc) is 3.68. The van der Waals surface area contributed by atoms with Crippen LogP contribution < -0.4 is 10.1 Å². The topological polar surface area (TPSA) is 122 Å². The van der Waals surface area contributed by atoms with Gasteiger partial charge in [-0.25, -0.2) is 19.7 Å². The Balaban J connectivity index is 1.73. The van der Waals surface area contributed by atoms with Crippen molar-refractivity contribution in [1.82, 2.24) is 19.5 Å². The molecular formula is C28H30ClN5O4. The third kappa shape index (κ3) is 5.58. The first kappa shape index (κ1) is 25.9. The number of nitrogens with zero attached hydrogens (tertiary/aromatic N) is 4. The van der Waals surface area contributed by atoms with Gasteiger partial charge in [-0.3, -0.25) is 0 Å². The number of halogens is 1. The van der Waals surface area contributed by atoms with Gasteiger partial charge >= 0.3 is 5.97 Å². The number of ether oxygens (including phenoxy) is 1. The van der Waals surface area contributed by atoms with Crippen molar-refractivity contribution >= 4 is 34.6 Å². The summed E-state index contributed by atoms with van der Waals surface area (Å²) in [6.45, 7) is 4.87. The van der Waals surface area contributed by atoms with E-state index in [2.05, 4.69) is 22.2 Å². The van der Waals surface area contributed by atoms with Gasteiger partial charge in [-0.15, -0.1) is 0 Å². The maximum atomic E-state index is 11.9. The minimum absolute atomic E-state index is 0.0258. The van der Waals surface area contributed by atoms with Crippen LogP contribution >= 0.6 is 11.6 Å². The van der Waals surface area contributed by atoms with Crippen LogP contribution in [0.1, 0.15) is 47.9 Å². The molecule has 38 heavy (non-hydrogen) atoms. The maximum absolute atomic E-state index is 11.9. The number of hydrogen-bond donors (Lipinski definition) is 3. The Labute approximate surface area is 225 Å². The van der Waals surface area contributed by atoms with Crippen molar-refractivity contribution < 1.29 is 19.7 Å². The number of benzene rings is 2. The summed E-state index contributed by atoms with van der Waals surface area (Å²) in [6.07, 6.45) is 2.75. The van der Waals surface area contributed by atoms with E-state index in [0.29, 0.717) is 53.4 Å². The van der Waals surface area contributed by atoms with E-state index in [9.17, 15) is 15.0 Å². The lowest BCUT2D eigenvalue weighted by atomic mass is 10.1. The molecule has 1 atom stereocenters. The second kappa shape index (κ2) is 11.0. The van der Waals surface area contributed by atoms with Gasteiger partial charge < -0.3 is 24.8 Å². The summed E-state index contributed by atoms with van der Waals surface area (Å²) < 4.78 is 8.02. The van der Waals surface area contributed by atoms with Crippen LogP contribution in [0.15, 0.2) is 42.5 Å². The number of aromatic nitrogens is 4. The Kier molecular flexibility index (Phi) is 7.49. The molecule has 2 aromatic heterocycles. The molecule has 0 radical (unpaired) electrons. The summed E-state index contributed by atoms with van der Waals surface area (Å²) in [4.78, 5) is 25.5. The number of aliphatic hydroxyl groups is 1. The number of carbonyl (C=O) groups is 1. The molecule has 1 unspecified atom stereocenters. The predicted octanol–water partition coefficient (Wildman–Crippen LogP) is 5.17. The van der Waals surface area contributed by atoms with Gasteiger partial charge in [-0.05, 0) is 62.4 Å². The minimum Gasteiger partial charge on any atom is -0.493 e. The number of carboxylic acids is 1. The number of aryl methyl sites for hydroxylation is 1. The molecule has 2 heterocycles. The van der Waals surface area contributed by atoms with Crippen LogP contribution in [0.4, 0.5) is 5.82 Å². The molecule has 2 aromatic carbocycles. The van der Waals surface area contributed by atoms with Crippen molar-refractivity contribution in [2.24, 2.45) is 5.92 Å². The maximum Gasteiger partial charge on any atom is 0.374 e. The quantitative estimate of drug-likeness (QED) is 0.225. The van der Waals surface area contributed by atoms with E-state index in [1.165, 1.54) is 0 Å². The molecular weight excluding hydrogens is 506 g/mol. The van der Waals surface area contributed by atoms with Crippen LogP contribution in [-0.2, 0) is 6.54 Å². The molecule has 198 valence electrons. The largest absolute Gasteiger partial charge is 0.493 e. The van der Waals surface area contributed by atoms with Crippen molar-refractivity contribution in [1.29, 1.82) is 0 Å². The molecule has 1 saturated carbocycles. The van der Waals surface area contributed by atoms with Crippen LogP contribution in [0.5, 0.6) is 5.75 Å². The summed E-state index contributed by atoms with van der Waals surface area (Å²) in [6, 6.07) is 13.5. The lowest BCUT2D eigenvalue weighted by Gasteiger charge is -2.17. The molecule has 0 bridgehead atoms. The van der Waals surface area contributed by atoms with E-state index in [-0.39, 0.29) is 24.1 Å². The van der Waals surface area contributed by atoms with Crippen LogP contribution in [0, 0.1) is 12.8 Å². The van der Waals surface area contributed by atoms with E-state index >= 15 is 0 Å². The highest BCUT2D eigenvalue weighted by Crippen LogP contribution is 2.37. The third-order valence-electron chi connectivity index (χ3n) is 6.68. The molecule has 0 spiro atoms. The number of carboxylic acid groups (broad SMARTS) is 1. The molecule has 0 amide bonds. The first-order valence-electron chi connectivity index (χ1n) is 12.7. The fraction of sp³-hybridized carbons (Fsp3) is 0.357. The fourth-order valence-electron chi connectivity index (χ4n) is 4.49. The Morgan fingerprint density at radius 2 is 1.95 bits per heavy atom. The standard InChI is InChI=1S/C28H30ClN5O4/c1-16-4-11-22(38-13-3-12-35)21(14-16)27-33-25-23(34(27)15-18-5-9-20(29)10-6-18)24(30-17(2)19-7-8-19)31-26(32-25)28(36)37/h4-6,9-11,14,17,19,35H,3,7-8,12-13,15H2,1-2H3,(H,36,37)(H,30,31,32). The van der Waals surface area contributed by atoms with E-state index in [0.717, 1.165) is 29.5 Å². The molecule has 9 nitrogen and oxygen atoms in total. The van der Waals surface area contributed by atoms with Gasteiger partial charge in [0, 0.05) is 30.6 Å². The molecule has 1 fully saturated rings. The number of anilines is 1. The number of rotatable bonds is 11. The number of aliphatic hydroxyl groups excluding tert-OH is 1. The number of hydrogen-bond acceptors (Lipinski definition) is 7. The van der Waals surface area contributed by atoms with Crippen LogP contribution in [0.2, 0.25) is 5.02 Å². The molecule has 0 aliphatic heterocycles. The van der Waals surface area contributed by atoms with Gasteiger partial charge in [0.1, 0.15) is 17.1 Å². The van der Waals surface area contributed by atoms with Gasteiger partial charge in [0.25, 0.3) is 0 Å². The van der Waals surface area contributed by atoms with Gasteiger partial charge in [-0.1, -0.05) is 35.4 Å². The van der Waals surface area contributed by atoms with Gasteiger partial charge in [0.2, 0.25) is 5.82 Å². The first-order chi connectivity index (χ1) is 18.3. The number of fused-ring (bicyclic) bond motifs is 1. The average molecular weight is 536 g/mol. The van der Waals surface area contributed by atoms with Crippen LogP contribution in [0.3, 0.4) is 0 Å². The third-order valence-corrected chi connectivity index (χ3v) is 6.93. The second-order valence-electron chi connectivity index (χ2n) is 9.72. The zero-order valence-electron chi connectivity index (χ0n) is 21.3. The molecule has 1 aliphatic carbocycles. The van der Waals surface area contributed by atoms with E-state index in [4.69, 9.17) is 21.3 Å². The second-order valence-corrected chi connectivity index (χ2v) is 10.2. The summed E-state index contributed by atoms with van der Waals surface area (Å²) in [5.41, 5.74) is 3.64. The van der Waals surface area contributed by atoms with Crippen molar-refractivity contribution in [2.45, 2.75) is 45.7 Å². The fourth-order valence-corrected chi connectivity index (χ4v) is 4.61. The van der Waals surface area contributed by atoms with Crippen molar-refractivity contribution in [3.63, 3.8) is 0 Å². The Bertz CT molecular complexity index is 1470. The normalized spacial score (nSPS) is 14.0. The summed E-state index contributed by atoms with van der Waals surface area (Å²) in [5.74, 6) is 0.625. The van der Waals surface area contributed by atoms with Crippen LogP contribution in [-0.4, -0.2) is 55.0 Å². The molecule has 0 saturated heterocycles. The van der Waals surface area contributed by atoms with E-state index < -0.39 is 5.97 Å². The Morgan fingerprint density at radius 3 is 2.63 bits per heavy atom. The molecule has 1 aliphatic rings. The van der Waals surface area contributed by atoms with Crippen molar-refractivity contribution in [2.75, 3.05) is 18.5 Å². The molecule has 4 aromatic rings. The number of nitrogens with one attached hydrogen (secondary N) is 1. The van der Waals surface area contributed by atoms with Crippen LogP contribution in [0.25, 0.3) is 22.6 Å². The highest BCUT2D eigenvalue weighted by atomic mass is 35.5. The zero-order valence-corrected chi connectivity index (χ0v) is 22.1. The van der Waals surface area contributed by atoms with Crippen molar-refractivity contribution in [3.05, 3.63) is 64.4 Å². The summed E-state index contributed by atoms with van der Waals surface area (Å²) >= 11 is 6.14. The summed E-state index contributed by atoms with van der Waals surface area (Å²) in [7, 11) is 0. The molecule has 3 N–H and O–H groups in total. The van der Waals surface area contributed by atoms with Gasteiger partial charge in [0.05, 0.1) is 12.2 Å². The van der Waals surface area contributed by atoms with Crippen molar-refractivity contribution in [3.8, 4) is 17.1 Å². The molecule has 5 rings (SSSR count). The molecule has 10 heteroatoms. The minimum atomic E-state index is -1.22. The smallest absolute Gasteiger partial charge is 0.374 e. The van der Waals surface area contributed by atoms with Gasteiger partial charge in [-0.2, -0.15) is 0 Å². The number of aromatic carboxylic acids is 1. The Hall–Kier alpha value is -3.69. The van der Waals surface area contributed by atoms with Gasteiger partial charge in [0.15, 0.2) is 11.5 Å². The number of imidazole rings is 1. The first-order valence-corrected chi connectivity index (χ1v) is 13.1. The zero-order chi connectivity index (χ0) is 26.8. The predicted molar refractivity (Wildman–Crippen MR) is 146 cm³/mol. The van der Waals surface area contributed by atoms with E-state index in [1.807, 2.05) is 54.0 Å². The lowest BCUT2D eigenvalue weighted by Crippen LogP contribution is -2.20. The highest BCUT2D eigenvalue weighted by Gasteiger charge is 2.30. The summed E-state index contributed by atoms with van der Waals surface area (Å²) in [5, 5.41) is 23.1. The lowest BCUT2D eigenvalue weighted by molar-refractivity contribution is 0.0684.